The van der Waals surface area contributed by atoms with Gasteiger partial charge >= 0.3 is 17.9 Å². The predicted molar refractivity (Wildman–Crippen MR) is 321 cm³/mol. The van der Waals surface area contributed by atoms with Crippen molar-refractivity contribution in [1.82, 2.24) is 0 Å². The highest BCUT2D eigenvalue weighted by atomic mass is 16.6. The third-order valence-corrected chi connectivity index (χ3v) is 15.9. The van der Waals surface area contributed by atoms with Crippen molar-refractivity contribution in [3.05, 3.63) is 0 Å². The number of rotatable bonds is 64. The first-order chi connectivity index (χ1) is 36.5. The van der Waals surface area contributed by atoms with E-state index in [2.05, 4.69) is 20.8 Å². The summed E-state index contributed by atoms with van der Waals surface area (Å²) in [4.78, 5) is 38.3. The van der Waals surface area contributed by atoms with Crippen molar-refractivity contribution < 1.29 is 28.6 Å². The van der Waals surface area contributed by atoms with Gasteiger partial charge in [-0.3, -0.25) is 14.4 Å². The number of unbranched alkanes of at least 4 members (excludes halogenated alkanes) is 53. The van der Waals surface area contributed by atoms with E-state index in [1.807, 2.05) is 0 Å². The van der Waals surface area contributed by atoms with Crippen molar-refractivity contribution in [3.63, 3.8) is 0 Å². The molecule has 0 radical (unpaired) electrons. The molecule has 0 rings (SSSR count). The lowest BCUT2D eigenvalue weighted by molar-refractivity contribution is -0.167. The Balaban J connectivity index is 4.12. The molecule has 0 saturated heterocycles. The smallest absolute Gasteiger partial charge is 0.306 e. The van der Waals surface area contributed by atoms with E-state index in [-0.39, 0.29) is 31.1 Å². The standard InChI is InChI=1S/C68H132O6/c1-4-7-10-13-16-19-22-25-27-28-29-30-31-32-33-34-35-36-37-38-39-41-43-46-49-52-55-58-61-67(70)73-64-65(63-72-66(69)60-57-54-51-48-45-42-24-21-18-15-12-9-6-3)74-68(71)62-59-56-53-50-47-44-40-26-23-20-17-14-11-8-5-2/h65H,4-64H2,1-3H3. The third-order valence-electron chi connectivity index (χ3n) is 15.9. The van der Waals surface area contributed by atoms with Crippen molar-refractivity contribution in [2.75, 3.05) is 13.2 Å². The van der Waals surface area contributed by atoms with Crippen LogP contribution in [0.15, 0.2) is 0 Å². The SMILES string of the molecule is CCCCCCCCCCCCCCCCCCCCCCCCCCCCCCC(=O)OCC(COC(=O)CCCCCCCCCCCCCCC)OC(=O)CCCCCCCCCCCCCCCCC. The van der Waals surface area contributed by atoms with Crippen molar-refractivity contribution in [2.45, 2.75) is 406 Å². The third kappa shape index (κ3) is 61.3. The Morgan fingerprint density at radius 2 is 0.365 bits per heavy atom. The summed E-state index contributed by atoms with van der Waals surface area (Å²) < 4.78 is 17.0. The van der Waals surface area contributed by atoms with Crippen LogP contribution >= 0.6 is 0 Å². The summed E-state index contributed by atoms with van der Waals surface area (Å²) in [7, 11) is 0. The van der Waals surface area contributed by atoms with Gasteiger partial charge in [-0.15, -0.1) is 0 Å². The predicted octanol–water partition coefficient (Wildman–Crippen LogP) is 23.1. The first kappa shape index (κ1) is 72.4. The van der Waals surface area contributed by atoms with E-state index in [1.165, 1.54) is 302 Å². The van der Waals surface area contributed by atoms with E-state index in [0.29, 0.717) is 19.3 Å². The number of carbonyl (C=O) groups is 3. The van der Waals surface area contributed by atoms with Gasteiger partial charge in [0.1, 0.15) is 13.2 Å². The van der Waals surface area contributed by atoms with Crippen LogP contribution in [0, 0.1) is 0 Å². The lowest BCUT2D eigenvalue weighted by Crippen LogP contribution is -2.30. The van der Waals surface area contributed by atoms with Crippen molar-refractivity contribution >= 4 is 17.9 Å². The topological polar surface area (TPSA) is 78.9 Å². The number of hydrogen-bond donors (Lipinski definition) is 0. The van der Waals surface area contributed by atoms with Crippen molar-refractivity contribution in [3.8, 4) is 0 Å². The van der Waals surface area contributed by atoms with Crippen LogP contribution in [0.2, 0.25) is 0 Å². The van der Waals surface area contributed by atoms with Gasteiger partial charge in [0.2, 0.25) is 0 Å². The maximum Gasteiger partial charge on any atom is 0.306 e. The van der Waals surface area contributed by atoms with E-state index in [9.17, 15) is 14.4 Å². The number of esters is 3. The molecule has 0 aromatic carbocycles. The Kier molecular flexibility index (Phi) is 62.6. The molecule has 1 atom stereocenters. The largest absolute Gasteiger partial charge is 0.462 e. The summed E-state index contributed by atoms with van der Waals surface area (Å²) in [6, 6.07) is 0. The molecule has 6 nitrogen and oxygen atoms in total. The monoisotopic (exact) mass is 1050 g/mol. The zero-order valence-electron chi connectivity index (χ0n) is 50.7. The molecule has 74 heavy (non-hydrogen) atoms. The van der Waals surface area contributed by atoms with Gasteiger partial charge in [-0.1, -0.05) is 361 Å². The fraction of sp³-hybridized carbons (Fsp3) is 0.956. The summed E-state index contributed by atoms with van der Waals surface area (Å²) in [5.74, 6) is -0.825. The first-order valence-corrected chi connectivity index (χ1v) is 34.0. The van der Waals surface area contributed by atoms with Crippen molar-refractivity contribution in [2.24, 2.45) is 0 Å². The Morgan fingerprint density at radius 1 is 0.216 bits per heavy atom. The molecule has 0 amide bonds. The molecule has 0 saturated carbocycles. The summed E-state index contributed by atoms with van der Waals surface area (Å²) in [6.07, 6.45) is 74.2. The molecule has 1 unspecified atom stereocenters. The summed E-state index contributed by atoms with van der Waals surface area (Å²) in [6.45, 7) is 6.73. The minimum Gasteiger partial charge on any atom is -0.462 e. The Morgan fingerprint density at radius 3 is 0.541 bits per heavy atom. The molecular formula is C68H132O6. The molecular weight excluding hydrogens is 913 g/mol. The van der Waals surface area contributed by atoms with Crippen LogP contribution in [0.4, 0.5) is 0 Å². The van der Waals surface area contributed by atoms with Gasteiger partial charge in [-0.05, 0) is 19.3 Å². The van der Waals surface area contributed by atoms with Crippen LogP contribution in [0.1, 0.15) is 400 Å². The molecule has 6 heteroatoms. The number of carbonyl (C=O) groups excluding carboxylic acids is 3. The summed E-state index contributed by atoms with van der Waals surface area (Å²) >= 11 is 0. The lowest BCUT2D eigenvalue weighted by Gasteiger charge is -2.18. The highest BCUT2D eigenvalue weighted by molar-refractivity contribution is 5.71. The Labute approximate surface area is 463 Å². The van der Waals surface area contributed by atoms with Crippen LogP contribution in [0.25, 0.3) is 0 Å². The van der Waals surface area contributed by atoms with Crippen LogP contribution < -0.4 is 0 Å². The van der Waals surface area contributed by atoms with Gasteiger partial charge in [0.15, 0.2) is 6.10 Å². The van der Waals surface area contributed by atoms with E-state index < -0.39 is 6.10 Å². The quantitative estimate of drug-likeness (QED) is 0.0343. The molecule has 0 spiro atoms. The fourth-order valence-corrected chi connectivity index (χ4v) is 10.7. The molecule has 0 fully saturated rings. The van der Waals surface area contributed by atoms with Crippen LogP contribution in [-0.2, 0) is 28.6 Å². The minimum absolute atomic E-state index is 0.0605. The van der Waals surface area contributed by atoms with Gasteiger partial charge in [-0.2, -0.15) is 0 Å². The zero-order chi connectivity index (χ0) is 53.6. The number of hydrogen-bond acceptors (Lipinski definition) is 6. The van der Waals surface area contributed by atoms with Crippen molar-refractivity contribution in [1.29, 1.82) is 0 Å². The summed E-state index contributed by atoms with van der Waals surface area (Å²) in [5.41, 5.74) is 0. The fourth-order valence-electron chi connectivity index (χ4n) is 10.7. The molecule has 440 valence electrons. The van der Waals surface area contributed by atoms with E-state index in [0.717, 1.165) is 57.8 Å². The van der Waals surface area contributed by atoms with Gasteiger partial charge in [0.05, 0.1) is 0 Å². The van der Waals surface area contributed by atoms with Gasteiger partial charge in [-0.25, -0.2) is 0 Å². The molecule has 0 aliphatic rings. The second kappa shape index (κ2) is 63.9. The van der Waals surface area contributed by atoms with E-state index in [1.54, 1.807) is 0 Å². The molecule has 0 N–H and O–H groups in total. The second-order valence-corrected chi connectivity index (χ2v) is 23.5. The maximum atomic E-state index is 12.9. The average molecular weight is 1050 g/mol. The Bertz CT molecular complexity index is 1110. The molecule has 0 bridgehead atoms. The maximum absolute atomic E-state index is 12.9. The minimum atomic E-state index is -0.762. The number of ether oxygens (including phenoxy) is 3. The second-order valence-electron chi connectivity index (χ2n) is 23.5. The molecule has 0 aliphatic heterocycles. The normalized spacial score (nSPS) is 11.9. The average Bonchev–Trinajstić information content (AvgIpc) is 3.40. The molecule has 0 aromatic heterocycles. The van der Waals surface area contributed by atoms with E-state index in [4.69, 9.17) is 14.2 Å². The zero-order valence-corrected chi connectivity index (χ0v) is 50.7. The van der Waals surface area contributed by atoms with Gasteiger partial charge in [0.25, 0.3) is 0 Å². The Hall–Kier alpha value is -1.59. The molecule has 0 aromatic rings. The first-order valence-electron chi connectivity index (χ1n) is 34.0. The van der Waals surface area contributed by atoms with Crippen LogP contribution in [0.3, 0.4) is 0 Å². The van der Waals surface area contributed by atoms with Gasteiger partial charge < -0.3 is 14.2 Å². The highest BCUT2D eigenvalue weighted by Crippen LogP contribution is 2.19. The van der Waals surface area contributed by atoms with Crippen LogP contribution in [-0.4, -0.2) is 37.2 Å². The summed E-state index contributed by atoms with van der Waals surface area (Å²) in [5, 5.41) is 0. The highest BCUT2D eigenvalue weighted by Gasteiger charge is 2.19. The van der Waals surface area contributed by atoms with E-state index >= 15 is 0 Å². The lowest BCUT2D eigenvalue weighted by atomic mass is 10.0. The van der Waals surface area contributed by atoms with Crippen LogP contribution in [0.5, 0.6) is 0 Å². The molecule has 0 heterocycles. The van der Waals surface area contributed by atoms with Gasteiger partial charge in [0, 0.05) is 19.3 Å². The molecule has 0 aliphatic carbocycles.